The average molecular weight is 344 g/mol. The predicted molar refractivity (Wildman–Crippen MR) is 96.4 cm³/mol. The van der Waals surface area contributed by atoms with Gasteiger partial charge in [-0.3, -0.25) is 5.10 Å². The molecule has 124 valence electrons. The Balaban J connectivity index is 1.49. The van der Waals surface area contributed by atoms with Gasteiger partial charge >= 0.3 is 0 Å². The fraction of sp³-hybridized carbons (Fsp3) is 0.312. The van der Waals surface area contributed by atoms with Crippen LogP contribution < -0.4 is 16.0 Å². The molecular weight excluding hydrogens is 326 g/mol. The van der Waals surface area contributed by atoms with E-state index in [-0.39, 0.29) is 0 Å². The molecule has 1 saturated heterocycles. The Kier molecular flexibility index (Phi) is 3.86. The molecule has 1 aromatic carbocycles. The first-order valence-electron chi connectivity index (χ1n) is 7.92. The average Bonchev–Trinajstić information content (AvgIpc) is 3.02. The normalized spacial score (nSPS) is 18.0. The molecule has 3 aromatic rings. The standard InChI is InChI=1S/C16H18ClN7/c17-14-7-15(18)22-16(21-14)24-5-1-2-12(9-24)20-11-3-4-13-10(6-11)8-19-23-13/h3-4,6-8,12,20H,1-2,5,9H2,(H,19,23)(H2,18,21,22). The van der Waals surface area contributed by atoms with Gasteiger partial charge in [0, 0.05) is 36.3 Å². The lowest BCUT2D eigenvalue weighted by molar-refractivity contribution is 0.523. The van der Waals surface area contributed by atoms with Gasteiger partial charge in [0.2, 0.25) is 5.95 Å². The Morgan fingerprint density at radius 1 is 1.29 bits per heavy atom. The summed E-state index contributed by atoms with van der Waals surface area (Å²) in [7, 11) is 0. The summed E-state index contributed by atoms with van der Waals surface area (Å²) in [6, 6.07) is 8.07. The van der Waals surface area contributed by atoms with Gasteiger partial charge in [-0.05, 0) is 31.0 Å². The molecule has 1 aliphatic rings. The number of nitrogen functional groups attached to an aromatic ring is 1. The van der Waals surface area contributed by atoms with E-state index in [1.54, 1.807) is 6.07 Å². The first-order valence-corrected chi connectivity index (χ1v) is 8.30. The lowest BCUT2D eigenvalue weighted by Crippen LogP contribution is -2.43. The van der Waals surface area contributed by atoms with Crippen molar-refractivity contribution < 1.29 is 0 Å². The van der Waals surface area contributed by atoms with Gasteiger partial charge < -0.3 is 16.0 Å². The molecule has 8 heteroatoms. The Morgan fingerprint density at radius 2 is 2.21 bits per heavy atom. The largest absolute Gasteiger partial charge is 0.383 e. The number of benzene rings is 1. The summed E-state index contributed by atoms with van der Waals surface area (Å²) in [5.74, 6) is 0.988. The number of piperidine rings is 1. The number of halogens is 1. The Morgan fingerprint density at radius 3 is 3.08 bits per heavy atom. The maximum Gasteiger partial charge on any atom is 0.228 e. The van der Waals surface area contributed by atoms with E-state index in [9.17, 15) is 0 Å². The second kappa shape index (κ2) is 6.16. The van der Waals surface area contributed by atoms with Crippen molar-refractivity contribution >= 4 is 40.0 Å². The molecule has 1 unspecified atom stereocenters. The van der Waals surface area contributed by atoms with Crippen LogP contribution in [-0.4, -0.2) is 39.3 Å². The van der Waals surface area contributed by atoms with Crippen molar-refractivity contribution in [3.05, 3.63) is 35.6 Å². The number of hydrogen-bond donors (Lipinski definition) is 3. The van der Waals surface area contributed by atoms with Crippen LogP contribution in [0.5, 0.6) is 0 Å². The summed E-state index contributed by atoms with van der Waals surface area (Å²) in [6.45, 7) is 1.71. The van der Waals surface area contributed by atoms with E-state index < -0.39 is 0 Å². The van der Waals surface area contributed by atoms with Crippen molar-refractivity contribution in [2.45, 2.75) is 18.9 Å². The minimum Gasteiger partial charge on any atom is -0.383 e. The third-order valence-corrected chi connectivity index (χ3v) is 4.41. The molecule has 1 aliphatic heterocycles. The molecule has 0 amide bonds. The number of fused-ring (bicyclic) bond motifs is 1. The van der Waals surface area contributed by atoms with Crippen LogP contribution in [0.4, 0.5) is 17.5 Å². The number of aromatic nitrogens is 4. The van der Waals surface area contributed by atoms with E-state index in [1.807, 2.05) is 12.3 Å². The molecule has 4 rings (SSSR count). The number of hydrogen-bond acceptors (Lipinski definition) is 6. The monoisotopic (exact) mass is 343 g/mol. The highest BCUT2D eigenvalue weighted by atomic mass is 35.5. The quantitative estimate of drug-likeness (QED) is 0.633. The lowest BCUT2D eigenvalue weighted by Gasteiger charge is -2.33. The van der Waals surface area contributed by atoms with Gasteiger partial charge in [0.1, 0.15) is 11.0 Å². The maximum absolute atomic E-state index is 6.00. The SMILES string of the molecule is Nc1cc(Cl)nc(N2CCCC(Nc3ccc4[nH]ncc4c3)C2)n1. The highest BCUT2D eigenvalue weighted by Gasteiger charge is 2.22. The summed E-state index contributed by atoms with van der Waals surface area (Å²) in [4.78, 5) is 10.7. The minimum absolute atomic E-state index is 0.312. The van der Waals surface area contributed by atoms with E-state index in [1.165, 1.54) is 0 Å². The zero-order valence-electron chi connectivity index (χ0n) is 13.0. The summed E-state index contributed by atoms with van der Waals surface area (Å²) in [6.07, 6.45) is 3.98. The topological polar surface area (TPSA) is 95.8 Å². The second-order valence-corrected chi connectivity index (χ2v) is 6.40. The molecule has 0 saturated carbocycles. The van der Waals surface area contributed by atoms with Crippen molar-refractivity contribution in [3.8, 4) is 0 Å². The highest BCUT2D eigenvalue weighted by Crippen LogP contribution is 2.23. The second-order valence-electron chi connectivity index (χ2n) is 6.02. The number of nitrogens with two attached hydrogens (primary N) is 1. The van der Waals surface area contributed by atoms with Crippen molar-refractivity contribution in [2.75, 3.05) is 29.0 Å². The highest BCUT2D eigenvalue weighted by molar-refractivity contribution is 6.29. The zero-order chi connectivity index (χ0) is 16.5. The molecule has 4 N–H and O–H groups in total. The molecule has 0 aliphatic carbocycles. The molecule has 1 fully saturated rings. The van der Waals surface area contributed by atoms with Crippen LogP contribution in [0.25, 0.3) is 10.9 Å². The summed E-state index contributed by atoms with van der Waals surface area (Å²) in [5, 5.41) is 12.1. The summed E-state index contributed by atoms with van der Waals surface area (Å²) >= 11 is 6.00. The van der Waals surface area contributed by atoms with Crippen LogP contribution >= 0.6 is 11.6 Å². The molecule has 2 aromatic heterocycles. The van der Waals surface area contributed by atoms with Gasteiger partial charge in [0.15, 0.2) is 0 Å². The third-order valence-electron chi connectivity index (χ3n) is 4.22. The molecule has 3 heterocycles. The van der Waals surface area contributed by atoms with Crippen LogP contribution in [0, 0.1) is 0 Å². The molecule has 0 bridgehead atoms. The Labute approximate surface area is 144 Å². The Bertz CT molecular complexity index is 842. The minimum atomic E-state index is 0.312. The number of nitrogens with zero attached hydrogens (tertiary/aromatic N) is 4. The van der Waals surface area contributed by atoms with Crippen LogP contribution in [0.3, 0.4) is 0 Å². The van der Waals surface area contributed by atoms with E-state index in [2.05, 4.69) is 42.5 Å². The Hall–Kier alpha value is -2.54. The van der Waals surface area contributed by atoms with Gasteiger partial charge in [-0.15, -0.1) is 0 Å². The molecule has 24 heavy (non-hydrogen) atoms. The van der Waals surface area contributed by atoms with Gasteiger partial charge in [-0.25, -0.2) is 4.98 Å². The lowest BCUT2D eigenvalue weighted by atomic mass is 10.1. The van der Waals surface area contributed by atoms with Crippen molar-refractivity contribution in [2.24, 2.45) is 0 Å². The predicted octanol–water partition coefficient (Wildman–Crippen LogP) is 2.67. The van der Waals surface area contributed by atoms with Gasteiger partial charge in [-0.2, -0.15) is 10.1 Å². The van der Waals surface area contributed by atoms with Gasteiger partial charge in [-0.1, -0.05) is 11.6 Å². The maximum atomic E-state index is 6.00. The number of H-pyrrole nitrogens is 1. The van der Waals surface area contributed by atoms with Crippen molar-refractivity contribution in [1.29, 1.82) is 0 Å². The van der Waals surface area contributed by atoms with Gasteiger partial charge in [0.05, 0.1) is 11.7 Å². The van der Waals surface area contributed by atoms with E-state index in [0.29, 0.717) is 23.0 Å². The number of nitrogens with one attached hydrogen (secondary N) is 2. The van der Waals surface area contributed by atoms with Crippen molar-refractivity contribution in [1.82, 2.24) is 20.2 Å². The molecule has 7 nitrogen and oxygen atoms in total. The van der Waals surface area contributed by atoms with Crippen LogP contribution in [0.1, 0.15) is 12.8 Å². The number of rotatable bonds is 3. The van der Waals surface area contributed by atoms with Gasteiger partial charge in [0.25, 0.3) is 0 Å². The van der Waals surface area contributed by atoms with E-state index >= 15 is 0 Å². The fourth-order valence-corrected chi connectivity index (χ4v) is 3.30. The summed E-state index contributed by atoms with van der Waals surface area (Å²) in [5.41, 5.74) is 7.90. The molecule has 0 radical (unpaired) electrons. The third kappa shape index (κ3) is 3.07. The summed E-state index contributed by atoms with van der Waals surface area (Å²) < 4.78 is 0. The first kappa shape index (κ1) is 15.0. The first-order chi connectivity index (χ1) is 11.7. The van der Waals surface area contributed by atoms with Crippen molar-refractivity contribution in [3.63, 3.8) is 0 Å². The number of anilines is 3. The molecule has 1 atom stereocenters. The molecule has 0 spiro atoms. The van der Waals surface area contributed by atoms with Crippen LogP contribution in [0.15, 0.2) is 30.5 Å². The number of aromatic amines is 1. The zero-order valence-corrected chi connectivity index (χ0v) is 13.8. The van der Waals surface area contributed by atoms with E-state index in [0.717, 1.165) is 42.5 Å². The molecular formula is C16H18ClN7. The smallest absolute Gasteiger partial charge is 0.228 e. The van der Waals surface area contributed by atoms with Crippen LogP contribution in [-0.2, 0) is 0 Å². The van der Waals surface area contributed by atoms with E-state index in [4.69, 9.17) is 17.3 Å². The van der Waals surface area contributed by atoms with Crippen LogP contribution in [0.2, 0.25) is 5.15 Å². The fourth-order valence-electron chi connectivity index (χ4n) is 3.11.